The number of hydrogen-bond acceptors (Lipinski definition) is 5. The average molecular weight is 315 g/mol. The van der Waals surface area contributed by atoms with Crippen LogP contribution in [0, 0.1) is 17.1 Å². The standard InChI is InChI=1S/C17H14FNO4/c18-14-6-2-4-8-16(14)21-9-10-22-17(20)12-23-15-7-3-1-5-13(15)11-19/h1-8H,9-10,12H2. The lowest BCUT2D eigenvalue weighted by atomic mass is 10.2. The first-order chi connectivity index (χ1) is 11.2. The van der Waals surface area contributed by atoms with Crippen molar-refractivity contribution in [1.82, 2.24) is 0 Å². The van der Waals surface area contributed by atoms with E-state index in [1.54, 1.807) is 36.4 Å². The topological polar surface area (TPSA) is 68.5 Å². The van der Waals surface area contributed by atoms with Crippen LogP contribution < -0.4 is 9.47 Å². The van der Waals surface area contributed by atoms with Gasteiger partial charge in [0, 0.05) is 0 Å². The molecule has 2 aromatic rings. The molecule has 0 aliphatic carbocycles. The van der Waals surface area contributed by atoms with Crippen LogP contribution in [0.2, 0.25) is 0 Å². The van der Waals surface area contributed by atoms with Gasteiger partial charge in [0.2, 0.25) is 0 Å². The Balaban J connectivity index is 1.70. The van der Waals surface area contributed by atoms with E-state index in [9.17, 15) is 9.18 Å². The van der Waals surface area contributed by atoms with Crippen LogP contribution in [0.15, 0.2) is 48.5 Å². The highest BCUT2D eigenvalue weighted by Crippen LogP contribution is 2.16. The van der Waals surface area contributed by atoms with E-state index in [0.29, 0.717) is 11.3 Å². The molecule has 2 rings (SSSR count). The third-order valence-electron chi connectivity index (χ3n) is 2.79. The Labute approximate surface area is 132 Å². The van der Waals surface area contributed by atoms with E-state index in [2.05, 4.69) is 0 Å². The maximum Gasteiger partial charge on any atom is 0.344 e. The smallest absolute Gasteiger partial charge is 0.344 e. The number of rotatable bonds is 7. The minimum atomic E-state index is -0.602. The van der Waals surface area contributed by atoms with Gasteiger partial charge in [-0.05, 0) is 24.3 Å². The Morgan fingerprint density at radius 3 is 2.43 bits per heavy atom. The number of esters is 1. The lowest BCUT2D eigenvalue weighted by Crippen LogP contribution is -2.18. The fourth-order valence-electron chi connectivity index (χ4n) is 1.73. The predicted molar refractivity (Wildman–Crippen MR) is 79.5 cm³/mol. The minimum absolute atomic E-state index is 0.0292. The van der Waals surface area contributed by atoms with Crippen molar-refractivity contribution in [2.45, 2.75) is 0 Å². The molecule has 0 aliphatic heterocycles. The van der Waals surface area contributed by atoms with Gasteiger partial charge in [0.15, 0.2) is 18.2 Å². The highest BCUT2D eigenvalue weighted by atomic mass is 19.1. The number of carbonyl (C=O) groups is 1. The highest BCUT2D eigenvalue weighted by Gasteiger charge is 2.08. The molecule has 5 nitrogen and oxygen atoms in total. The molecule has 0 amide bonds. The third kappa shape index (κ3) is 5.00. The highest BCUT2D eigenvalue weighted by molar-refractivity contribution is 5.71. The second-order valence-corrected chi connectivity index (χ2v) is 4.40. The summed E-state index contributed by atoms with van der Waals surface area (Å²) in [5, 5.41) is 8.89. The molecule has 0 radical (unpaired) electrons. The van der Waals surface area contributed by atoms with Gasteiger partial charge >= 0.3 is 5.97 Å². The van der Waals surface area contributed by atoms with Crippen LogP contribution in [0.3, 0.4) is 0 Å². The normalized spacial score (nSPS) is 9.74. The zero-order chi connectivity index (χ0) is 16.5. The summed E-state index contributed by atoms with van der Waals surface area (Å²) in [4.78, 5) is 11.5. The van der Waals surface area contributed by atoms with Gasteiger partial charge in [0.25, 0.3) is 0 Å². The second kappa shape index (κ2) is 8.39. The summed E-state index contributed by atoms with van der Waals surface area (Å²) >= 11 is 0. The molecule has 118 valence electrons. The largest absolute Gasteiger partial charge is 0.487 e. The summed E-state index contributed by atoms with van der Waals surface area (Å²) in [6.45, 7) is -0.323. The first kappa shape index (κ1) is 16.3. The Morgan fingerprint density at radius 1 is 1.00 bits per heavy atom. The molecule has 0 saturated heterocycles. The van der Waals surface area contributed by atoms with Gasteiger partial charge in [0.05, 0.1) is 5.56 Å². The maximum atomic E-state index is 13.3. The Morgan fingerprint density at radius 2 is 1.70 bits per heavy atom. The molecule has 0 aliphatic rings. The van der Waals surface area contributed by atoms with E-state index in [4.69, 9.17) is 19.5 Å². The monoisotopic (exact) mass is 315 g/mol. The first-order valence-electron chi connectivity index (χ1n) is 6.85. The molecule has 0 atom stereocenters. The number of para-hydroxylation sites is 2. The molecule has 0 aromatic heterocycles. The number of hydrogen-bond donors (Lipinski definition) is 0. The fraction of sp³-hybridized carbons (Fsp3) is 0.176. The molecular formula is C17H14FNO4. The molecule has 0 spiro atoms. The Hall–Kier alpha value is -3.07. The van der Waals surface area contributed by atoms with Crippen molar-refractivity contribution in [3.63, 3.8) is 0 Å². The van der Waals surface area contributed by atoms with Gasteiger partial charge in [-0.15, -0.1) is 0 Å². The number of halogens is 1. The minimum Gasteiger partial charge on any atom is -0.487 e. The van der Waals surface area contributed by atoms with E-state index < -0.39 is 11.8 Å². The van der Waals surface area contributed by atoms with Gasteiger partial charge in [-0.1, -0.05) is 24.3 Å². The quantitative estimate of drug-likeness (QED) is 0.580. The average Bonchev–Trinajstić information content (AvgIpc) is 2.58. The lowest BCUT2D eigenvalue weighted by Gasteiger charge is -2.09. The van der Waals surface area contributed by atoms with Crippen LogP contribution in [0.25, 0.3) is 0 Å². The Bertz CT molecular complexity index is 712. The number of ether oxygens (including phenoxy) is 3. The number of nitrogens with zero attached hydrogens (tertiary/aromatic N) is 1. The van der Waals surface area contributed by atoms with Crippen LogP contribution in [0.5, 0.6) is 11.5 Å². The van der Waals surface area contributed by atoms with Crippen LogP contribution in [0.4, 0.5) is 4.39 Å². The van der Waals surface area contributed by atoms with Crippen LogP contribution >= 0.6 is 0 Å². The van der Waals surface area contributed by atoms with Crippen molar-refractivity contribution < 1.29 is 23.4 Å². The van der Waals surface area contributed by atoms with Gasteiger partial charge in [-0.3, -0.25) is 0 Å². The van der Waals surface area contributed by atoms with Gasteiger partial charge in [-0.2, -0.15) is 5.26 Å². The van der Waals surface area contributed by atoms with Crippen molar-refractivity contribution in [2.75, 3.05) is 19.8 Å². The molecule has 0 N–H and O–H groups in total. The molecule has 6 heteroatoms. The van der Waals surface area contributed by atoms with Crippen molar-refractivity contribution >= 4 is 5.97 Å². The molecular weight excluding hydrogens is 301 g/mol. The van der Waals surface area contributed by atoms with E-state index >= 15 is 0 Å². The summed E-state index contributed by atoms with van der Waals surface area (Å²) < 4.78 is 28.6. The van der Waals surface area contributed by atoms with E-state index in [1.165, 1.54) is 12.1 Å². The second-order valence-electron chi connectivity index (χ2n) is 4.40. The first-order valence-corrected chi connectivity index (χ1v) is 6.85. The van der Waals surface area contributed by atoms with E-state index in [0.717, 1.165) is 0 Å². The number of carbonyl (C=O) groups excluding carboxylic acids is 1. The molecule has 0 heterocycles. The number of benzene rings is 2. The molecule has 0 unspecified atom stereocenters. The molecule has 2 aromatic carbocycles. The molecule has 0 bridgehead atoms. The summed E-state index contributed by atoms with van der Waals surface area (Å²) in [6.07, 6.45) is 0. The van der Waals surface area contributed by atoms with Crippen LogP contribution in [-0.2, 0) is 9.53 Å². The SMILES string of the molecule is N#Cc1ccccc1OCC(=O)OCCOc1ccccc1F. The fourth-order valence-corrected chi connectivity index (χ4v) is 1.73. The summed E-state index contributed by atoms with van der Waals surface area (Å²) in [7, 11) is 0. The molecule has 0 fully saturated rings. The predicted octanol–water partition coefficient (Wildman–Crippen LogP) is 2.70. The van der Waals surface area contributed by atoms with Crippen molar-refractivity contribution in [3.8, 4) is 17.6 Å². The summed E-state index contributed by atoms with van der Waals surface area (Å²) in [5.74, 6) is -0.664. The third-order valence-corrected chi connectivity index (χ3v) is 2.79. The van der Waals surface area contributed by atoms with Gasteiger partial charge < -0.3 is 14.2 Å². The van der Waals surface area contributed by atoms with Crippen molar-refractivity contribution in [1.29, 1.82) is 5.26 Å². The zero-order valence-corrected chi connectivity index (χ0v) is 12.2. The van der Waals surface area contributed by atoms with Crippen molar-refractivity contribution in [2.24, 2.45) is 0 Å². The summed E-state index contributed by atoms with van der Waals surface area (Å²) in [6, 6.07) is 14.5. The Kier molecular flexibility index (Phi) is 5.95. The summed E-state index contributed by atoms with van der Waals surface area (Å²) in [5.41, 5.74) is 0.336. The van der Waals surface area contributed by atoms with Gasteiger partial charge in [0.1, 0.15) is 25.0 Å². The van der Waals surface area contributed by atoms with E-state index in [1.807, 2.05) is 6.07 Å². The lowest BCUT2D eigenvalue weighted by molar-refractivity contribution is -0.146. The van der Waals surface area contributed by atoms with Crippen molar-refractivity contribution in [3.05, 3.63) is 59.9 Å². The van der Waals surface area contributed by atoms with Crippen LogP contribution in [0.1, 0.15) is 5.56 Å². The maximum absolute atomic E-state index is 13.3. The van der Waals surface area contributed by atoms with E-state index in [-0.39, 0.29) is 25.6 Å². The number of nitriles is 1. The molecule has 23 heavy (non-hydrogen) atoms. The van der Waals surface area contributed by atoms with Crippen LogP contribution in [-0.4, -0.2) is 25.8 Å². The van der Waals surface area contributed by atoms with Gasteiger partial charge in [-0.25, -0.2) is 9.18 Å². The molecule has 0 saturated carbocycles. The zero-order valence-electron chi connectivity index (χ0n) is 12.2.